The summed E-state index contributed by atoms with van der Waals surface area (Å²) < 4.78 is 0. The van der Waals surface area contributed by atoms with E-state index in [9.17, 15) is 5.11 Å². The fourth-order valence-corrected chi connectivity index (χ4v) is 2.43. The molecule has 1 aliphatic rings. The molecule has 5 heteroatoms. The van der Waals surface area contributed by atoms with Crippen LogP contribution < -0.4 is 10.6 Å². The van der Waals surface area contributed by atoms with Crippen LogP contribution in [0.5, 0.6) is 0 Å². The number of hydrogen-bond acceptors (Lipinski definition) is 5. The Bertz CT molecular complexity index is 397. The van der Waals surface area contributed by atoms with Crippen LogP contribution in [0.1, 0.15) is 31.2 Å². The maximum Gasteiger partial charge on any atom is 0.224 e. The fraction of sp³-hybridized carbons (Fsp3) is 0.692. The summed E-state index contributed by atoms with van der Waals surface area (Å²) in [6, 6.07) is 0. The molecular formula is C13H22N4O. The monoisotopic (exact) mass is 250 g/mol. The minimum atomic E-state index is -0.120. The van der Waals surface area contributed by atoms with Crippen molar-refractivity contribution in [1.29, 1.82) is 0 Å². The predicted molar refractivity (Wildman–Crippen MR) is 72.8 cm³/mol. The molecule has 1 aromatic rings. The molecule has 2 unspecified atom stereocenters. The van der Waals surface area contributed by atoms with Crippen molar-refractivity contribution in [3.63, 3.8) is 0 Å². The minimum absolute atomic E-state index is 0.120. The first-order valence-electron chi connectivity index (χ1n) is 6.62. The third-order valence-corrected chi connectivity index (χ3v) is 3.51. The number of aromatic nitrogens is 2. The van der Waals surface area contributed by atoms with E-state index in [1.807, 2.05) is 20.2 Å². The summed E-state index contributed by atoms with van der Waals surface area (Å²) in [7, 11) is 1.81. The van der Waals surface area contributed by atoms with E-state index in [0.717, 1.165) is 37.2 Å². The van der Waals surface area contributed by atoms with Gasteiger partial charge in [-0.2, -0.15) is 4.98 Å². The summed E-state index contributed by atoms with van der Waals surface area (Å²) in [5, 5.41) is 16.0. The molecule has 1 heterocycles. The van der Waals surface area contributed by atoms with E-state index < -0.39 is 0 Å². The number of aliphatic hydroxyl groups is 1. The molecule has 0 bridgehead atoms. The Morgan fingerprint density at radius 2 is 2.28 bits per heavy atom. The molecular weight excluding hydrogens is 228 g/mol. The van der Waals surface area contributed by atoms with Gasteiger partial charge >= 0.3 is 0 Å². The van der Waals surface area contributed by atoms with Crippen LogP contribution in [0, 0.1) is 12.8 Å². The molecule has 0 aromatic carbocycles. The van der Waals surface area contributed by atoms with E-state index in [0.29, 0.717) is 11.9 Å². The number of aryl methyl sites for hydroxylation is 1. The van der Waals surface area contributed by atoms with Crippen molar-refractivity contribution < 1.29 is 5.11 Å². The normalized spacial score (nSPS) is 23.7. The van der Waals surface area contributed by atoms with Crippen LogP contribution in [0.2, 0.25) is 0 Å². The summed E-state index contributed by atoms with van der Waals surface area (Å²) in [5.41, 5.74) is 1.05. The third kappa shape index (κ3) is 3.32. The van der Waals surface area contributed by atoms with Crippen LogP contribution in [0.3, 0.4) is 0 Å². The highest BCUT2D eigenvalue weighted by Crippen LogP contribution is 2.24. The molecule has 1 aliphatic carbocycles. The molecule has 1 aromatic heterocycles. The van der Waals surface area contributed by atoms with Gasteiger partial charge in [-0.1, -0.05) is 6.42 Å². The van der Waals surface area contributed by atoms with Gasteiger partial charge in [-0.15, -0.1) is 0 Å². The van der Waals surface area contributed by atoms with Crippen molar-refractivity contribution in [2.45, 2.75) is 38.7 Å². The standard InChI is InChI=1S/C13H22N4O/c1-9-7-16-13(14-2)17-12(9)15-8-10-4-3-5-11(18)6-10/h7,10-11,18H,3-6,8H2,1-2H3,(H2,14,15,16,17). The van der Waals surface area contributed by atoms with Crippen LogP contribution in [0.4, 0.5) is 11.8 Å². The van der Waals surface area contributed by atoms with Crippen LogP contribution in [-0.2, 0) is 0 Å². The van der Waals surface area contributed by atoms with E-state index >= 15 is 0 Å². The number of rotatable bonds is 4. The Morgan fingerprint density at radius 1 is 1.44 bits per heavy atom. The average molecular weight is 250 g/mol. The largest absolute Gasteiger partial charge is 0.393 e. The fourth-order valence-electron chi connectivity index (χ4n) is 2.43. The maximum absolute atomic E-state index is 9.65. The van der Waals surface area contributed by atoms with E-state index in [4.69, 9.17) is 0 Å². The zero-order valence-corrected chi connectivity index (χ0v) is 11.1. The van der Waals surface area contributed by atoms with Crippen LogP contribution >= 0.6 is 0 Å². The Morgan fingerprint density at radius 3 is 3.00 bits per heavy atom. The summed E-state index contributed by atoms with van der Waals surface area (Å²) in [6.07, 6.45) is 5.86. The molecule has 0 amide bonds. The van der Waals surface area contributed by atoms with E-state index in [-0.39, 0.29) is 6.10 Å². The Labute approximate surface area is 108 Å². The highest BCUT2D eigenvalue weighted by Gasteiger charge is 2.20. The van der Waals surface area contributed by atoms with Gasteiger partial charge in [-0.3, -0.25) is 0 Å². The van der Waals surface area contributed by atoms with E-state index in [2.05, 4.69) is 20.6 Å². The molecule has 0 aliphatic heterocycles. The Kier molecular flexibility index (Phi) is 4.36. The van der Waals surface area contributed by atoms with Gasteiger partial charge in [0.15, 0.2) is 0 Å². The summed E-state index contributed by atoms with van der Waals surface area (Å²) in [4.78, 5) is 8.56. The van der Waals surface area contributed by atoms with Gasteiger partial charge < -0.3 is 15.7 Å². The van der Waals surface area contributed by atoms with Crippen molar-refractivity contribution in [3.8, 4) is 0 Å². The number of nitrogens with zero attached hydrogens (tertiary/aromatic N) is 2. The molecule has 2 rings (SSSR count). The minimum Gasteiger partial charge on any atom is -0.393 e. The Hall–Kier alpha value is -1.36. The van der Waals surface area contributed by atoms with Crippen LogP contribution in [-0.4, -0.2) is 34.8 Å². The second-order valence-corrected chi connectivity index (χ2v) is 5.04. The lowest BCUT2D eigenvalue weighted by atomic mass is 9.87. The van der Waals surface area contributed by atoms with Gasteiger partial charge in [0.2, 0.25) is 5.95 Å². The molecule has 5 nitrogen and oxygen atoms in total. The summed E-state index contributed by atoms with van der Waals surface area (Å²) in [5.74, 6) is 2.06. The van der Waals surface area contributed by atoms with Gasteiger partial charge in [0.25, 0.3) is 0 Å². The maximum atomic E-state index is 9.65. The zero-order valence-electron chi connectivity index (χ0n) is 11.1. The molecule has 1 saturated carbocycles. The summed E-state index contributed by atoms with van der Waals surface area (Å²) in [6.45, 7) is 2.87. The second-order valence-electron chi connectivity index (χ2n) is 5.04. The molecule has 0 saturated heterocycles. The molecule has 100 valence electrons. The quantitative estimate of drug-likeness (QED) is 0.760. The molecule has 18 heavy (non-hydrogen) atoms. The molecule has 0 spiro atoms. The Balaban J connectivity index is 1.92. The SMILES string of the molecule is CNc1ncc(C)c(NCC2CCCC(O)C2)n1. The smallest absolute Gasteiger partial charge is 0.224 e. The number of anilines is 2. The second kappa shape index (κ2) is 6.00. The highest BCUT2D eigenvalue weighted by molar-refractivity contribution is 5.46. The van der Waals surface area contributed by atoms with Gasteiger partial charge in [-0.05, 0) is 32.1 Å². The molecule has 3 N–H and O–H groups in total. The van der Waals surface area contributed by atoms with Crippen LogP contribution in [0.25, 0.3) is 0 Å². The first-order valence-corrected chi connectivity index (χ1v) is 6.62. The van der Waals surface area contributed by atoms with Crippen molar-refractivity contribution in [2.24, 2.45) is 5.92 Å². The van der Waals surface area contributed by atoms with Gasteiger partial charge in [0, 0.05) is 25.4 Å². The third-order valence-electron chi connectivity index (χ3n) is 3.51. The molecule has 2 atom stereocenters. The molecule has 1 fully saturated rings. The van der Waals surface area contributed by atoms with Crippen LogP contribution in [0.15, 0.2) is 6.20 Å². The summed E-state index contributed by atoms with van der Waals surface area (Å²) >= 11 is 0. The van der Waals surface area contributed by atoms with Crippen molar-refractivity contribution in [3.05, 3.63) is 11.8 Å². The van der Waals surface area contributed by atoms with Crippen molar-refractivity contribution >= 4 is 11.8 Å². The van der Waals surface area contributed by atoms with Gasteiger partial charge in [0.05, 0.1) is 6.10 Å². The predicted octanol–water partition coefficient (Wildman–Crippen LogP) is 1.79. The van der Waals surface area contributed by atoms with Gasteiger partial charge in [-0.25, -0.2) is 4.98 Å². The zero-order chi connectivity index (χ0) is 13.0. The lowest BCUT2D eigenvalue weighted by Gasteiger charge is -2.26. The van der Waals surface area contributed by atoms with E-state index in [1.54, 1.807) is 0 Å². The topological polar surface area (TPSA) is 70.1 Å². The first kappa shape index (κ1) is 13.1. The van der Waals surface area contributed by atoms with E-state index in [1.165, 1.54) is 6.42 Å². The number of nitrogens with one attached hydrogen (secondary N) is 2. The molecule has 0 radical (unpaired) electrons. The number of hydrogen-bond donors (Lipinski definition) is 3. The lowest BCUT2D eigenvalue weighted by molar-refractivity contribution is 0.104. The lowest BCUT2D eigenvalue weighted by Crippen LogP contribution is -2.25. The number of aliphatic hydroxyl groups excluding tert-OH is 1. The van der Waals surface area contributed by atoms with Crippen molar-refractivity contribution in [2.75, 3.05) is 24.2 Å². The van der Waals surface area contributed by atoms with Crippen molar-refractivity contribution in [1.82, 2.24) is 9.97 Å². The van der Waals surface area contributed by atoms with Gasteiger partial charge in [0.1, 0.15) is 5.82 Å². The first-order chi connectivity index (χ1) is 8.69. The highest BCUT2D eigenvalue weighted by atomic mass is 16.3. The average Bonchev–Trinajstić information content (AvgIpc) is 2.38.